The maximum Gasteiger partial charge on any atom is 0.324 e. The number of ether oxygens (including phenoxy) is 2. The average molecular weight is 268 g/mol. The lowest BCUT2D eigenvalue weighted by Gasteiger charge is -2.15. The molecule has 0 aromatic carbocycles. The molecule has 0 heterocycles. The van der Waals surface area contributed by atoms with Crippen LogP contribution in [-0.4, -0.2) is 25.2 Å². The molecule has 4 nitrogen and oxygen atoms in total. The predicted molar refractivity (Wildman–Crippen MR) is 72.5 cm³/mol. The summed E-state index contributed by atoms with van der Waals surface area (Å²) in [5, 5.41) is 0. The zero-order chi connectivity index (χ0) is 14.3. The topological polar surface area (TPSA) is 52.6 Å². The molecule has 4 heteroatoms. The van der Waals surface area contributed by atoms with Crippen molar-refractivity contribution in [2.45, 2.75) is 46.0 Å². The Hall–Kier alpha value is -1.32. The highest BCUT2D eigenvalue weighted by Gasteiger charge is 2.67. The van der Waals surface area contributed by atoms with Crippen LogP contribution < -0.4 is 0 Å². The van der Waals surface area contributed by atoms with Gasteiger partial charge in [0.05, 0.1) is 13.2 Å². The Balaban J connectivity index is 2.57. The molecule has 1 unspecified atom stereocenters. The first-order chi connectivity index (χ1) is 9.13. The minimum Gasteiger partial charge on any atom is -0.465 e. The number of carbonyl (C=O) groups is 2. The molecule has 1 aliphatic carbocycles. The monoisotopic (exact) mass is 268 g/mol. The second-order valence-electron chi connectivity index (χ2n) is 5.00. The number of unbranched alkanes of at least 4 members (excludes halogenated alkanes) is 2. The van der Waals surface area contributed by atoms with Crippen molar-refractivity contribution in [3.63, 3.8) is 0 Å². The van der Waals surface area contributed by atoms with Crippen LogP contribution in [0.1, 0.15) is 46.0 Å². The van der Waals surface area contributed by atoms with Gasteiger partial charge in [0.15, 0.2) is 5.41 Å². The van der Waals surface area contributed by atoms with Crippen molar-refractivity contribution >= 4 is 11.9 Å². The molecule has 0 aromatic rings. The molecule has 1 fully saturated rings. The van der Waals surface area contributed by atoms with E-state index in [1.54, 1.807) is 6.08 Å². The smallest absolute Gasteiger partial charge is 0.324 e. The van der Waals surface area contributed by atoms with Crippen molar-refractivity contribution in [2.24, 2.45) is 11.3 Å². The molecule has 0 radical (unpaired) electrons. The molecule has 1 aliphatic rings. The molecule has 108 valence electrons. The first kappa shape index (κ1) is 15.7. The van der Waals surface area contributed by atoms with Gasteiger partial charge in [-0.15, -0.1) is 6.58 Å². The largest absolute Gasteiger partial charge is 0.465 e. The number of carbonyl (C=O) groups excluding carboxylic acids is 2. The Morgan fingerprint density at radius 1 is 1.16 bits per heavy atom. The van der Waals surface area contributed by atoms with Crippen molar-refractivity contribution in [1.29, 1.82) is 0 Å². The third-order valence-electron chi connectivity index (χ3n) is 3.49. The third-order valence-corrected chi connectivity index (χ3v) is 3.49. The van der Waals surface area contributed by atoms with Crippen LogP contribution in [0.25, 0.3) is 0 Å². The summed E-state index contributed by atoms with van der Waals surface area (Å²) in [5.74, 6) is -1.05. The Kier molecular flexibility index (Phi) is 6.06. The molecule has 0 N–H and O–H groups in total. The van der Waals surface area contributed by atoms with E-state index in [9.17, 15) is 9.59 Å². The minimum absolute atomic E-state index is 0.143. The summed E-state index contributed by atoms with van der Waals surface area (Å²) in [4.78, 5) is 24.1. The van der Waals surface area contributed by atoms with Crippen LogP contribution in [0.3, 0.4) is 0 Å². The van der Waals surface area contributed by atoms with Gasteiger partial charge in [0.1, 0.15) is 0 Å². The number of hydrogen-bond donors (Lipinski definition) is 0. The van der Waals surface area contributed by atoms with Crippen LogP contribution in [0.4, 0.5) is 0 Å². The van der Waals surface area contributed by atoms with Crippen LogP contribution in [0.2, 0.25) is 0 Å². The molecule has 0 amide bonds. The van der Waals surface area contributed by atoms with Crippen molar-refractivity contribution in [3.05, 3.63) is 12.7 Å². The highest BCUT2D eigenvalue weighted by Crippen LogP contribution is 2.55. The molecule has 19 heavy (non-hydrogen) atoms. The van der Waals surface area contributed by atoms with E-state index in [-0.39, 0.29) is 5.92 Å². The summed E-state index contributed by atoms with van der Waals surface area (Å²) in [6, 6.07) is 0. The van der Waals surface area contributed by atoms with E-state index in [4.69, 9.17) is 9.47 Å². The maximum absolute atomic E-state index is 12.1. The Morgan fingerprint density at radius 2 is 1.63 bits per heavy atom. The number of hydrogen-bond acceptors (Lipinski definition) is 4. The van der Waals surface area contributed by atoms with E-state index in [1.165, 1.54) is 0 Å². The van der Waals surface area contributed by atoms with E-state index in [0.717, 1.165) is 25.7 Å². The quantitative estimate of drug-likeness (QED) is 0.279. The molecular weight excluding hydrogens is 244 g/mol. The molecule has 0 aliphatic heterocycles. The van der Waals surface area contributed by atoms with Gasteiger partial charge in [-0.25, -0.2) is 0 Å². The lowest BCUT2D eigenvalue weighted by atomic mass is 10.0. The van der Waals surface area contributed by atoms with Gasteiger partial charge in [0, 0.05) is 5.92 Å². The van der Waals surface area contributed by atoms with Crippen LogP contribution in [-0.2, 0) is 19.1 Å². The van der Waals surface area contributed by atoms with Gasteiger partial charge in [-0.3, -0.25) is 9.59 Å². The number of esters is 2. The highest BCUT2D eigenvalue weighted by atomic mass is 16.6. The predicted octanol–water partition coefficient (Wildman–Crippen LogP) is 2.87. The maximum atomic E-state index is 12.1. The van der Waals surface area contributed by atoms with Gasteiger partial charge in [-0.1, -0.05) is 32.8 Å². The fraction of sp³-hybridized carbons (Fsp3) is 0.733. The lowest BCUT2D eigenvalue weighted by molar-refractivity contribution is -0.165. The number of rotatable bonds is 9. The van der Waals surface area contributed by atoms with Crippen LogP contribution in [0, 0.1) is 11.3 Å². The standard InChI is InChI=1S/C15H24O4/c1-4-7-9-18-13(16)15(11-12(15)6-3)14(17)19-10-8-5-2/h6,12H,3-5,7-11H2,1-2H3. The second-order valence-corrected chi connectivity index (χ2v) is 5.00. The molecule has 1 saturated carbocycles. The Morgan fingerprint density at radius 3 is 1.95 bits per heavy atom. The fourth-order valence-corrected chi connectivity index (χ4v) is 2.00. The van der Waals surface area contributed by atoms with Gasteiger partial charge in [0.25, 0.3) is 0 Å². The first-order valence-electron chi connectivity index (χ1n) is 7.10. The van der Waals surface area contributed by atoms with Crippen molar-refractivity contribution < 1.29 is 19.1 Å². The van der Waals surface area contributed by atoms with E-state index >= 15 is 0 Å². The van der Waals surface area contributed by atoms with E-state index in [1.807, 2.05) is 13.8 Å². The van der Waals surface area contributed by atoms with E-state index in [2.05, 4.69) is 6.58 Å². The van der Waals surface area contributed by atoms with Crippen LogP contribution in [0.5, 0.6) is 0 Å². The first-order valence-corrected chi connectivity index (χ1v) is 7.10. The summed E-state index contributed by atoms with van der Waals surface area (Å²) in [5.41, 5.74) is -1.11. The fourth-order valence-electron chi connectivity index (χ4n) is 2.00. The Labute approximate surface area is 115 Å². The van der Waals surface area contributed by atoms with Gasteiger partial charge in [0.2, 0.25) is 0 Å². The molecule has 0 aromatic heterocycles. The summed E-state index contributed by atoms with van der Waals surface area (Å²) in [6.45, 7) is 8.43. The normalized spacial score (nSPS) is 19.6. The van der Waals surface area contributed by atoms with Gasteiger partial charge in [-0.05, 0) is 19.3 Å². The molecule has 1 atom stereocenters. The molecular formula is C15H24O4. The third kappa shape index (κ3) is 3.58. The van der Waals surface area contributed by atoms with E-state index in [0.29, 0.717) is 19.6 Å². The van der Waals surface area contributed by atoms with Crippen LogP contribution in [0.15, 0.2) is 12.7 Å². The summed E-state index contributed by atoms with van der Waals surface area (Å²) < 4.78 is 10.4. The molecule has 0 saturated heterocycles. The zero-order valence-corrected chi connectivity index (χ0v) is 11.9. The summed E-state index contributed by atoms with van der Waals surface area (Å²) >= 11 is 0. The van der Waals surface area contributed by atoms with Crippen molar-refractivity contribution in [1.82, 2.24) is 0 Å². The van der Waals surface area contributed by atoms with E-state index < -0.39 is 17.4 Å². The number of allylic oxidation sites excluding steroid dienone is 1. The van der Waals surface area contributed by atoms with Gasteiger partial charge < -0.3 is 9.47 Å². The lowest BCUT2D eigenvalue weighted by Crippen LogP contribution is -2.32. The molecule has 0 bridgehead atoms. The van der Waals surface area contributed by atoms with Crippen molar-refractivity contribution in [3.8, 4) is 0 Å². The van der Waals surface area contributed by atoms with Crippen LogP contribution >= 0.6 is 0 Å². The van der Waals surface area contributed by atoms with Crippen molar-refractivity contribution in [2.75, 3.05) is 13.2 Å². The highest BCUT2D eigenvalue weighted by molar-refractivity contribution is 6.04. The summed E-state index contributed by atoms with van der Waals surface area (Å²) in [6.07, 6.45) is 5.63. The molecule has 0 spiro atoms. The van der Waals surface area contributed by atoms with Gasteiger partial charge in [-0.2, -0.15) is 0 Å². The van der Waals surface area contributed by atoms with Gasteiger partial charge >= 0.3 is 11.9 Å². The Bertz CT molecular complexity index is 313. The zero-order valence-electron chi connectivity index (χ0n) is 11.9. The molecule has 1 rings (SSSR count). The SMILES string of the molecule is C=CC1CC1(C(=O)OCCCC)C(=O)OCCCC. The average Bonchev–Trinajstić information content (AvgIpc) is 3.15. The summed E-state index contributed by atoms with van der Waals surface area (Å²) in [7, 11) is 0. The minimum atomic E-state index is -1.11. The second kappa shape index (κ2) is 7.31.